The minimum Gasteiger partial charge on any atom is -0.414 e. The van der Waals surface area contributed by atoms with Crippen LogP contribution in [0.4, 0.5) is 4.79 Å². The molecule has 2 fully saturated rings. The van der Waals surface area contributed by atoms with Crippen molar-refractivity contribution in [2.75, 3.05) is 20.2 Å². The van der Waals surface area contributed by atoms with Crippen molar-refractivity contribution in [3.8, 4) is 0 Å². The van der Waals surface area contributed by atoms with E-state index < -0.39 is 9.04 Å². The largest absolute Gasteiger partial charge is 0.433 e. The third kappa shape index (κ3) is 2.73. The molecule has 0 aromatic carbocycles. The van der Waals surface area contributed by atoms with Crippen LogP contribution >= 0.6 is 0 Å². The number of quaternary nitrogens is 1. The Hall–Kier alpha value is -0.836. The number of hydrogen-bond acceptors (Lipinski definition) is 4. The topological polar surface area (TPSA) is 63.7 Å². The predicted molar refractivity (Wildman–Crippen MR) is 84.6 cm³/mol. The van der Waals surface area contributed by atoms with E-state index >= 15 is 0 Å². The second kappa shape index (κ2) is 7.16. The van der Waals surface area contributed by atoms with Crippen LogP contribution in [0.1, 0.15) is 26.2 Å². The molecule has 0 bridgehead atoms. The number of carbonyl (C=O) groups is 3. The SMILES string of the molecule is CC[Si](OC)C1CC[N+]12C(=O)CC(=O)N(CCC[Si]C)C2=O. The molecule has 2 heterocycles. The van der Waals surface area contributed by atoms with Crippen molar-refractivity contribution < 1.29 is 23.3 Å². The minimum absolute atomic E-state index is 0.0383. The molecule has 22 heavy (non-hydrogen) atoms. The Bertz CT molecular complexity index is 470. The van der Waals surface area contributed by atoms with Gasteiger partial charge in [0.1, 0.15) is 18.6 Å². The molecule has 2 aliphatic heterocycles. The number of nitrogens with zero attached hydrogens (tertiary/aromatic N) is 2. The second-order valence-electron chi connectivity index (χ2n) is 5.78. The molecule has 0 N–H and O–H groups in total. The molecule has 1 spiro atoms. The maximum Gasteiger partial charge on any atom is 0.433 e. The van der Waals surface area contributed by atoms with Gasteiger partial charge in [-0.2, -0.15) is 4.48 Å². The fourth-order valence-corrected chi connectivity index (χ4v) is 6.27. The molecule has 2 rings (SSSR count). The predicted octanol–water partition coefficient (Wildman–Crippen LogP) is 1.21. The molecule has 6 nitrogen and oxygen atoms in total. The average molecular weight is 341 g/mol. The maximum absolute atomic E-state index is 12.9. The van der Waals surface area contributed by atoms with Crippen molar-refractivity contribution in [3.63, 3.8) is 0 Å². The van der Waals surface area contributed by atoms with Gasteiger partial charge in [0.05, 0.1) is 0 Å². The van der Waals surface area contributed by atoms with Gasteiger partial charge in [-0.25, -0.2) is 14.5 Å². The van der Waals surface area contributed by atoms with Crippen molar-refractivity contribution in [1.29, 1.82) is 0 Å². The number of urea groups is 1. The normalized spacial score (nSPS) is 28.6. The summed E-state index contributed by atoms with van der Waals surface area (Å²) in [6.45, 7) is 5.12. The lowest BCUT2D eigenvalue weighted by Gasteiger charge is -2.51. The third-order valence-electron chi connectivity index (χ3n) is 4.70. The van der Waals surface area contributed by atoms with E-state index in [1.54, 1.807) is 7.11 Å². The van der Waals surface area contributed by atoms with E-state index in [0.29, 0.717) is 13.1 Å². The number of amides is 4. The second-order valence-corrected chi connectivity index (χ2v) is 9.70. The Morgan fingerprint density at radius 2 is 2.14 bits per heavy atom. The molecule has 121 valence electrons. The molecule has 0 aromatic rings. The van der Waals surface area contributed by atoms with Crippen molar-refractivity contribution in [2.24, 2.45) is 0 Å². The van der Waals surface area contributed by atoms with Crippen molar-refractivity contribution in [2.45, 2.75) is 50.5 Å². The first-order valence-corrected chi connectivity index (χ1v) is 11.2. The number of imide groups is 2. The van der Waals surface area contributed by atoms with Crippen molar-refractivity contribution >= 4 is 36.4 Å². The summed E-state index contributed by atoms with van der Waals surface area (Å²) < 4.78 is 5.41. The molecule has 0 saturated carbocycles. The highest BCUT2D eigenvalue weighted by Gasteiger charge is 2.65. The zero-order valence-electron chi connectivity index (χ0n) is 13.6. The van der Waals surface area contributed by atoms with E-state index in [0.717, 1.165) is 34.4 Å². The van der Waals surface area contributed by atoms with Gasteiger partial charge < -0.3 is 4.43 Å². The molecule has 2 saturated heterocycles. The van der Waals surface area contributed by atoms with E-state index in [2.05, 4.69) is 6.55 Å². The van der Waals surface area contributed by atoms with Crippen LogP contribution in [0.25, 0.3) is 0 Å². The summed E-state index contributed by atoms with van der Waals surface area (Å²) in [7, 11) is 1.27. The highest BCUT2D eigenvalue weighted by molar-refractivity contribution is 6.53. The molecule has 2 atom stereocenters. The van der Waals surface area contributed by atoms with Crippen LogP contribution in [0.3, 0.4) is 0 Å². The number of carbonyl (C=O) groups excluding carboxylic acids is 3. The fourth-order valence-electron chi connectivity index (χ4n) is 3.40. The smallest absolute Gasteiger partial charge is 0.414 e. The lowest BCUT2D eigenvalue weighted by molar-refractivity contribution is -0.837. The Labute approximate surface area is 135 Å². The highest BCUT2D eigenvalue weighted by atomic mass is 28.3. The van der Waals surface area contributed by atoms with Gasteiger partial charge in [0, 0.05) is 29.6 Å². The lowest BCUT2D eigenvalue weighted by atomic mass is 10.0. The summed E-state index contributed by atoms with van der Waals surface area (Å²) in [5.74, 6) is -0.556. The van der Waals surface area contributed by atoms with Gasteiger partial charge in [0.25, 0.3) is 9.04 Å². The third-order valence-corrected chi connectivity index (χ3v) is 8.25. The first kappa shape index (κ1) is 17.5. The summed E-state index contributed by atoms with van der Waals surface area (Å²) in [5, 5.41) is 0. The number of rotatable bonds is 7. The molecule has 2 aliphatic rings. The van der Waals surface area contributed by atoms with Gasteiger partial charge in [-0.15, -0.1) is 0 Å². The minimum atomic E-state index is -1.21. The lowest BCUT2D eigenvalue weighted by Crippen LogP contribution is -2.80. The van der Waals surface area contributed by atoms with Crippen LogP contribution in [0.15, 0.2) is 0 Å². The average Bonchev–Trinajstić information content (AvgIpc) is 2.46. The molecular weight excluding hydrogens is 316 g/mol. The van der Waals surface area contributed by atoms with E-state index in [4.69, 9.17) is 4.43 Å². The van der Waals surface area contributed by atoms with Crippen molar-refractivity contribution in [1.82, 2.24) is 4.90 Å². The quantitative estimate of drug-likeness (QED) is 0.302. The molecular formula is C14H24N2O4Si2+. The molecule has 3 radical (unpaired) electrons. The monoisotopic (exact) mass is 340 g/mol. The van der Waals surface area contributed by atoms with Gasteiger partial charge >= 0.3 is 11.9 Å². The summed E-state index contributed by atoms with van der Waals surface area (Å²) in [6.07, 6.45) is 1.52. The molecule has 0 aliphatic carbocycles. The Morgan fingerprint density at radius 3 is 2.64 bits per heavy atom. The molecule has 4 amide bonds. The van der Waals surface area contributed by atoms with Gasteiger partial charge in [-0.05, 0) is 12.5 Å². The summed E-state index contributed by atoms with van der Waals surface area (Å²) in [6, 6.07) is 1.57. The number of barbiturate groups is 1. The van der Waals surface area contributed by atoms with Gasteiger partial charge in [-0.3, -0.25) is 4.79 Å². The molecule has 0 aromatic heterocycles. The van der Waals surface area contributed by atoms with Crippen LogP contribution in [0.2, 0.25) is 18.6 Å². The first-order chi connectivity index (χ1) is 10.5. The van der Waals surface area contributed by atoms with Crippen LogP contribution in [-0.2, 0) is 14.0 Å². The molecule has 2 unspecified atom stereocenters. The highest BCUT2D eigenvalue weighted by Crippen LogP contribution is 2.37. The van der Waals surface area contributed by atoms with Crippen LogP contribution in [-0.4, -0.2) is 71.7 Å². The van der Waals surface area contributed by atoms with Crippen molar-refractivity contribution in [3.05, 3.63) is 0 Å². The summed E-state index contributed by atoms with van der Waals surface area (Å²) in [5.41, 5.74) is -0.0383. The van der Waals surface area contributed by atoms with Crippen LogP contribution < -0.4 is 0 Å². The Morgan fingerprint density at radius 1 is 1.41 bits per heavy atom. The zero-order chi connectivity index (χ0) is 16.3. The first-order valence-electron chi connectivity index (χ1n) is 7.83. The van der Waals surface area contributed by atoms with E-state index in [9.17, 15) is 14.4 Å². The van der Waals surface area contributed by atoms with Crippen LogP contribution in [0, 0.1) is 0 Å². The molecule has 8 heteroatoms. The van der Waals surface area contributed by atoms with E-state index in [1.165, 1.54) is 4.90 Å². The maximum atomic E-state index is 12.9. The fraction of sp³-hybridized carbons (Fsp3) is 0.786. The Balaban J connectivity index is 2.21. The van der Waals surface area contributed by atoms with E-state index in [-0.39, 0.29) is 34.4 Å². The summed E-state index contributed by atoms with van der Waals surface area (Å²) in [4.78, 5) is 38.9. The van der Waals surface area contributed by atoms with Gasteiger partial charge in [0.2, 0.25) is 5.91 Å². The van der Waals surface area contributed by atoms with Gasteiger partial charge in [-0.1, -0.05) is 19.5 Å². The van der Waals surface area contributed by atoms with Crippen LogP contribution in [0.5, 0.6) is 0 Å². The Kier molecular flexibility index (Phi) is 5.70. The number of hydrogen-bond donors (Lipinski definition) is 0. The van der Waals surface area contributed by atoms with E-state index in [1.807, 2.05) is 6.92 Å². The summed E-state index contributed by atoms with van der Waals surface area (Å²) >= 11 is 0. The van der Waals surface area contributed by atoms with Gasteiger partial charge in [0.15, 0.2) is 0 Å². The standard InChI is InChI=1S/C14H24N2O4Si2/c1-4-22(20-2)13-6-8-16(13)12(18)10-11(17)15(14(16)19)7-5-9-21-3/h13H,4-10H2,1-3H3/q+1. The zero-order valence-corrected chi connectivity index (χ0v) is 15.6.